The SMILES string of the molecule is CN(C)CC(C)(C)C1COC(CCCCCCCCO)(CCCCCCCCO)O1. The van der Waals surface area contributed by atoms with Crippen molar-refractivity contribution in [2.45, 2.75) is 116 Å². The molecule has 0 saturated carbocycles. The fraction of sp³-hybridized carbons (Fsp3) is 1.00. The van der Waals surface area contributed by atoms with Crippen molar-refractivity contribution in [1.29, 1.82) is 0 Å². The van der Waals surface area contributed by atoms with Crippen molar-refractivity contribution in [3.63, 3.8) is 0 Å². The van der Waals surface area contributed by atoms with E-state index >= 15 is 0 Å². The molecule has 0 amide bonds. The quantitative estimate of drug-likeness (QED) is 0.279. The summed E-state index contributed by atoms with van der Waals surface area (Å²) in [6, 6.07) is 0. The Hall–Kier alpha value is -0.200. The molecule has 1 aliphatic heterocycles. The molecule has 1 unspecified atom stereocenters. The van der Waals surface area contributed by atoms with E-state index in [0.29, 0.717) is 19.8 Å². The number of nitrogens with zero attached hydrogens (tertiary/aromatic N) is 1. The van der Waals surface area contributed by atoms with Gasteiger partial charge in [-0.3, -0.25) is 0 Å². The molecule has 5 nitrogen and oxygen atoms in total. The van der Waals surface area contributed by atoms with E-state index < -0.39 is 5.79 Å². The molecule has 0 bridgehead atoms. The van der Waals surface area contributed by atoms with Crippen LogP contribution in [0.3, 0.4) is 0 Å². The van der Waals surface area contributed by atoms with Gasteiger partial charge in [0.1, 0.15) is 0 Å². The second kappa shape index (κ2) is 15.6. The van der Waals surface area contributed by atoms with Crippen LogP contribution in [0.1, 0.15) is 104 Å². The van der Waals surface area contributed by atoms with Gasteiger partial charge in [-0.25, -0.2) is 0 Å². The van der Waals surface area contributed by atoms with Crippen molar-refractivity contribution in [3.05, 3.63) is 0 Å². The van der Waals surface area contributed by atoms with Crippen molar-refractivity contribution in [2.24, 2.45) is 5.41 Å². The van der Waals surface area contributed by atoms with E-state index in [1.807, 2.05) is 0 Å². The summed E-state index contributed by atoms with van der Waals surface area (Å²) in [6.45, 7) is 6.91. The molecule has 30 heavy (non-hydrogen) atoms. The molecule has 180 valence electrons. The number of hydrogen-bond acceptors (Lipinski definition) is 5. The Kier molecular flexibility index (Phi) is 14.5. The largest absolute Gasteiger partial charge is 0.396 e. The van der Waals surface area contributed by atoms with Crippen LogP contribution in [0.25, 0.3) is 0 Å². The van der Waals surface area contributed by atoms with Crippen LogP contribution in [0.4, 0.5) is 0 Å². The maximum absolute atomic E-state index is 8.91. The first-order valence-corrected chi connectivity index (χ1v) is 12.5. The second-order valence-electron chi connectivity index (χ2n) is 10.2. The van der Waals surface area contributed by atoms with Gasteiger partial charge in [-0.2, -0.15) is 0 Å². The van der Waals surface area contributed by atoms with Gasteiger partial charge in [-0.1, -0.05) is 65.2 Å². The first-order valence-electron chi connectivity index (χ1n) is 12.5. The molecular formula is C25H51NO4. The number of aliphatic hydroxyl groups excluding tert-OH is 2. The molecule has 1 fully saturated rings. The lowest BCUT2D eigenvalue weighted by molar-refractivity contribution is -0.190. The van der Waals surface area contributed by atoms with Crippen LogP contribution in [0, 0.1) is 5.41 Å². The summed E-state index contributed by atoms with van der Waals surface area (Å²) in [4.78, 5) is 2.24. The van der Waals surface area contributed by atoms with Gasteiger partial charge in [0.05, 0.1) is 12.7 Å². The van der Waals surface area contributed by atoms with Gasteiger partial charge in [0.25, 0.3) is 0 Å². The highest BCUT2D eigenvalue weighted by molar-refractivity contribution is 4.89. The highest BCUT2D eigenvalue weighted by atomic mass is 16.7. The number of rotatable bonds is 19. The van der Waals surface area contributed by atoms with Crippen LogP contribution in [0.15, 0.2) is 0 Å². The zero-order valence-corrected chi connectivity index (χ0v) is 20.5. The van der Waals surface area contributed by atoms with Gasteiger partial charge >= 0.3 is 0 Å². The average Bonchev–Trinajstić information content (AvgIpc) is 3.11. The van der Waals surface area contributed by atoms with Gasteiger partial charge in [0.15, 0.2) is 5.79 Å². The molecule has 0 aromatic carbocycles. The summed E-state index contributed by atoms with van der Waals surface area (Å²) >= 11 is 0. The maximum atomic E-state index is 8.91. The molecule has 5 heteroatoms. The normalized spacial score (nSPS) is 19.1. The van der Waals surface area contributed by atoms with Gasteiger partial charge in [0, 0.05) is 38.0 Å². The molecule has 0 spiro atoms. The summed E-state index contributed by atoms with van der Waals surface area (Å²) in [6.07, 6.45) is 15.9. The van der Waals surface area contributed by atoms with Crippen molar-refractivity contribution in [1.82, 2.24) is 4.90 Å². The Morgan fingerprint density at radius 2 is 1.20 bits per heavy atom. The van der Waals surface area contributed by atoms with Crippen LogP contribution in [0.5, 0.6) is 0 Å². The second-order valence-corrected chi connectivity index (χ2v) is 10.2. The van der Waals surface area contributed by atoms with Crippen molar-refractivity contribution < 1.29 is 19.7 Å². The Balaban J connectivity index is 2.49. The predicted molar refractivity (Wildman–Crippen MR) is 125 cm³/mol. The molecule has 1 saturated heterocycles. The van der Waals surface area contributed by atoms with Gasteiger partial charge in [-0.15, -0.1) is 0 Å². The number of hydrogen-bond donors (Lipinski definition) is 2. The fourth-order valence-electron chi connectivity index (χ4n) is 4.67. The molecule has 1 rings (SSSR count). The highest BCUT2D eigenvalue weighted by Crippen LogP contribution is 2.40. The summed E-state index contributed by atoms with van der Waals surface area (Å²) < 4.78 is 13.1. The summed E-state index contributed by atoms with van der Waals surface area (Å²) in [5.41, 5.74) is 0.0693. The van der Waals surface area contributed by atoms with E-state index in [-0.39, 0.29) is 11.5 Å². The van der Waals surface area contributed by atoms with E-state index in [9.17, 15) is 0 Å². The molecular weight excluding hydrogens is 378 g/mol. The Labute approximate surface area is 186 Å². The number of aliphatic hydroxyl groups is 2. The minimum atomic E-state index is -0.398. The lowest BCUT2D eigenvalue weighted by Crippen LogP contribution is -2.41. The topological polar surface area (TPSA) is 62.2 Å². The molecule has 1 aliphatic rings. The molecule has 0 aromatic heterocycles. The fourth-order valence-corrected chi connectivity index (χ4v) is 4.67. The van der Waals surface area contributed by atoms with Crippen LogP contribution < -0.4 is 0 Å². The highest BCUT2D eigenvalue weighted by Gasteiger charge is 2.46. The third kappa shape index (κ3) is 11.4. The standard InChI is InChI=1S/C25H51NO4/c1-24(2,22-26(3)4)23-21-29-25(30-23,17-13-9-5-7-11-15-19-27)18-14-10-6-8-12-16-20-28/h23,27-28H,5-22H2,1-4H3. The number of ether oxygens (including phenoxy) is 2. The van der Waals surface area contributed by atoms with Crippen molar-refractivity contribution in [2.75, 3.05) is 40.5 Å². The van der Waals surface area contributed by atoms with E-state index in [4.69, 9.17) is 19.7 Å². The molecule has 2 N–H and O–H groups in total. The smallest absolute Gasteiger partial charge is 0.168 e. The van der Waals surface area contributed by atoms with Crippen LogP contribution in [0.2, 0.25) is 0 Å². The lowest BCUT2D eigenvalue weighted by Gasteiger charge is -2.35. The number of unbranched alkanes of at least 4 members (excludes halogenated alkanes) is 10. The van der Waals surface area contributed by atoms with Crippen LogP contribution >= 0.6 is 0 Å². The Morgan fingerprint density at radius 1 is 0.767 bits per heavy atom. The third-order valence-corrected chi connectivity index (χ3v) is 6.38. The molecule has 0 aromatic rings. The summed E-state index contributed by atoms with van der Waals surface area (Å²) in [5.74, 6) is -0.398. The monoisotopic (exact) mass is 429 g/mol. The molecule has 1 heterocycles. The van der Waals surface area contributed by atoms with E-state index in [0.717, 1.165) is 57.9 Å². The van der Waals surface area contributed by atoms with Crippen LogP contribution in [-0.4, -0.2) is 67.5 Å². The average molecular weight is 430 g/mol. The van der Waals surface area contributed by atoms with Gasteiger partial charge in [-0.05, 0) is 39.8 Å². The minimum Gasteiger partial charge on any atom is -0.396 e. The van der Waals surface area contributed by atoms with Crippen LogP contribution in [-0.2, 0) is 9.47 Å². The van der Waals surface area contributed by atoms with Gasteiger partial charge in [0.2, 0.25) is 0 Å². The Bertz CT molecular complexity index is 396. The van der Waals surface area contributed by atoms with Crippen molar-refractivity contribution >= 4 is 0 Å². The summed E-state index contributed by atoms with van der Waals surface area (Å²) in [5, 5.41) is 17.8. The van der Waals surface area contributed by atoms with Gasteiger partial charge < -0.3 is 24.6 Å². The third-order valence-electron chi connectivity index (χ3n) is 6.38. The zero-order chi connectivity index (χ0) is 22.3. The minimum absolute atomic E-state index is 0.0693. The first kappa shape index (κ1) is 27.8. The maximum Gasteiger partial charge on any atom is 0.168 e. The Morgan fingerprint density at radius 3 is 1.63 bits per heavy atom. The summed E-state index contributed by atoms with van der Waals surface area (Å²) in [7, 11) is 4.25. The predicted octanol–water partition coefficient (Wildman–Crippen LogP) is 5.13. The lowest BCUT2D eigenvalue weighted by atomic mass is 9.86. The zero-order valence-electron chi connectivity index (χ0n) is 20.5. The van der Waals surface area contributed by atoms with E-state index in [1.54, 1.807) is 0 Å². The molecule has 0 radical (unpaired) electrons. The molecule has 1 atom stereocenters. The molecule has 0 aliphatic carbocycles. The van der Waals surface area contributed by atoms with E-state index in [2.05, 4.69) is 32.8 Å². The van der Waals surface area contributed by atoms with E-state index in [1.165, 1.54) is 38.5 Å². The first-order chi connectivity index (χ1) is 14.4. The van der Waals surface area contributed by atoms with Crippen molar-refractivity contribution in [3.8, 4) is 0 Å².